The highest BCUT2D eigenvalue weighted by molar-refractivity contribution is 7.80. The molecule has 0 saturated heterocycles. The number of amidine groups is 1. The van der Waals surface area contributed by atoms with E-state index in [1.165, 1.54) is 0 Å². The van der Waals surface area contributed by atoms with E-state index in [1.807, 2.05) is 77.5 Å². The van der Waals surface area contributed by atoms with Gasteiger partial charge >= 0.3 is 0 Å². The minimum Gasteiger partial charge on any atom is -0.497 e. The number of nitrogens with zero attached hydrogens (tertiary/aromatic N) is 5. The molecule has 1 aromatic heterocycles. The quantitative estimate of drug-likeness (QED) is 0.350. The van der Waals surface area contributed by atoms with Crippen LogP contribution in [0.15, 0.2) is 94.1 Å². The van der Waals surface area contributed by atoms with Crippen molar-refractivity contribution in [1.29, 1.82) is 0 Å². The van der Waals surface area contributed by atoms with Crippen molar-refractivity contribution in [3.8, 4) is 39.7 Å². The van der Waals surface area contributed by atoms with Gasteiger partial charge in [-0.05, 0) is 91.1 Å². The third-order valence-corrected chi connectivity index (χ3v) is 5.46. The van der Waals surface area contributed by atoms with Crippen molar-refractivity contribution in [3.63, 3.8) is 0 Å². The van der Waals surface area contributed by atoms with Crippen LogP contribution in [-0.4, -0.2) is 34.9 Å². The van der Waals surface area contributed by atoms with Gasteiger partial charge in [-0.2, -0.15) is 10.1 Å². The fourth-order valence-corrected chi connectivity index (χ4v) is 3.67. The Hall–Kier alpha value is -4.17. The van der Waals surface area contributed by atoms with Crippen LogP contribution in [0.25, 0.3) is 28.2 Å². The van der Waals surface area contributed by atoms with Gasteiger partial charge in [-0.25, -0.2) is 4.68 Å². The summed E-state index contributed by atoms with van der Waals surface area (Å²) in [6.45, 7) is 0. The van der Waals surface area contributed by atoms with Crippen molar-refractivity contribution >= 4 is 23.2 Å². The second kappa shape index (κ2) is 8.76. The maximum Gasteiger partial charge on any atom is 0.242 e. The largest absolute Gasteiger partial charge is 0.497 e. The molecule has 0 bridgehead atoms. The van der Waals surface area contributed by atoms with Crippen LogP contribution in [0.3, 0.4) is 0 Å². The van der Waals surface area contributed by atoms with E-state index in [0.29, 0.717) is 5.84 Å². The average molecular weight is 454 g/mol. The molecule has 0 amide bonds. The lowest BCUT2D eigenvalue weighted by Gasteiger charge is -2.09. The molecule has 0 radical (unpaired) electrons. The van der Waals surface area contributed by atoms with Gasteiger partial charge in [0.1, 0.15) is 11.5 Å². The van der Waals surface area contributed by atoms with E-state index < -0.39 is 0 Å². The number of ether oxygens (including phenoxy) is 2. The Balaban J connectivity index is 1.58. The monoisotopic (exact) mass is 453 g/mol. The van der Waals surface area contributed by atoms with Gasteiger partial charge in [0, 0.05) is 16.7 Å². The maximum absolute atomic E-state index is 5.31. The van der Waals surface area contributed by atoms with Crippen molar-refractivity contribution < 1.29 is 9.47 Å². The van der Waals surface area contributed by atoms with Crippen LogP contribution in [-0.2, 0) is 0 Å². The molecule has 0 unspecified atom stereocenters. The molecule has 0 saturated carbocycles. The zero-order chi connectivity index (χ0) is 22.8. The Morgan fingerprint density at radius 3 is 1.82 bits per heavy atom. The summed E-state index contributed by atoms with van der Waals surface area (Å²) < 4.78 is 12.5. The summed E-state index contributed by atoms with van der Waals surface area (Å²) in [6, 6.07) is 25.7. The molecule has 8 heteroatoms. The molecule has 33 heavy (non-hydrogen) atoms. The third-order valence-electron chi connectivity index (χ3n) is 5.28. The SMILES string of the molecule is COc1ccc(-c2cc(-c3ccc(OC)cc3)n(-c3ccc(C4=NC(=S)N=N4)cc3)n2)cc1. The summed E-state index contributed by atoms with van der Waals surface area (Å²) >= 11 is 4.97. The van der Waals surface area contributed by atoms with Gasteiger partial charge in [-0.15, -0.1) is 10.2 Å². The first-order valence-electron chi connectivity index (χ1n) is 10.2. The summed E-state index contributed by atoms with van der Waals surface area (Å²) in [4.78, 5) is 4.17. The summed E-state index contributed by atoms with van der Waals surface area (Å²) in [5, 5.41) is 13.0. The molecule has 3 aromatic carbocycles. The van der Waals surface area contributed by atoms with E-state index in [-0.39, 0.29) is 5.11 Å². The van der Waals surface area contributed by atoms with Crippen LogP contribution in [0.5, 0.6) is 11.5 Å². The number of hydrogen-bond donors (Lipinski definition) is 0. The summed E-state index contributed by atoms with van der Waals surface area (Å²) in [5.41, 5.74) is 5.57. The molecule has 1 aliphatic heterocycles. The summed E-state index contributed by atoms with van der Waals surface area (Å²) in [6.07, 6.45) is 0. The normalized spacial score (nSPS) is 12.7. The zero-order valence-electron chi connectivity index (χ0n) is 18.0. The van der Waals surface area contributed by atoms with Crippen molar-refractivity contribution in [2.24, 2.45) is 15.2 Å². The van der Waals surface area contributed by atoms with Crippen molar-refractivity contribution in [2.75, 3.05) is 14.2 Å². The van der Waals surface area contributed by atoms with Gasteiger partial charge in [-0.3, -0.25) is 0 Å². The molecule has 0 spiro atoms. The van der Waals surface area contributed by atoms with E-state index in [4.69, 9.17) is 26.8 Å². The average Bonchev–Trinajstić information content (AvgIpc) is 3.51. The van der Waals surface area contributed by atoms with Crippen molar-refractivity contribution in [1.82, 2.24) is 9.78 Å². The molecule has 7 nitrogen and oxygen atoms in total. The van der Waals surface area contributed by atoms with Crippen LogP contribution in [0.2, 0.25) is 0 Å². The lowest BCUT2D eigenvalue weighted by Crippen LogP contribution is -2.01. The van der Waals surface area contributed by atoms with Gasteiger partial charge in [0.05, 0.1) is 31.3 Å². The Labute approximate surface area is 196 Å². The number of rotatable bonds is 6. The number of azo groups is 1. The molecule has 0 fully saturated rings. The number of aliphatic imine (C=N–C) groups is 1. The highest BCUT2D eigenvalue weighted by atomic mass is 32.1. The van der Waals surface area contributed by atoms with Crippen LogP contribution in [0, 0.1) is 0 Å². The van der Waals surface area contributed by atoms with E-state index >= 15 is 0 Å². The second-order valence-electron chi connectivity index (χ2n) is 7.25. The number of hydrogen-bond acceptors (Lipinski definition) is 5. The summed E-state index contributed by atoms with van der Waals surface area (Å²) in [5.74, 6) is 2.12. The minimum atomic E-state index is 0.243. The molecule has 5 rings (SSSR count). The highest BCUT2D eigenvalue weighted by Gasteiger charge is 2.15. The predicted molar refractivity (Wildman–Crippen MR) is 132 cm³/mol. The first-order chi connectivity index (χ1) is 16.1. The van der Waals surface area contributed by atoms with Crippen LogP contribution >= 0.6 is 12.2 Å². The first-order valence-corrected chi connectivity index (χ1v) is 10.6. The first kappa shape index (κ1) is 20.7. The maximum atomic E-state index is 5.31. The van der Waals surface area contributed by atoms with Gasteiger partial charge in [0.15, 0.2) is 5.84 Å². The molecule has 0 N–H and O–H groups in total. The fraction of sp³-hybridized carbons (Fsp3) is 0.0800. The molecule has 0 atom stereocenters. The van der Waals surface area contributed by atoms with E-state index in [1.54, 1.807) is 14.2 Å². The zero-order valence-corrected chi connectivity index (χ0v) is 18.8. The number of benzene rings is 3. The Morgan fingerprint density at radius 1 is 0.697 bits per heavy atom. The lowest BCUT2D eigenvalue weighted by molar-refractivity contribution is 0.414. The van der Waals surface area contributed by atoms with Gasteiger partial charge in [0.25, 0.3) is 0 Å². The topological polar surface area (TPSA) is 73.4 Å². The summed E-state index contributed by atoms with van der Waals surface area (Å²) in [7, 11) is 3.31. The molecule has 162 valence electrons. The molecule has 1 aliphatic rings. The molecule has 4 aromatic rings. The van der Waals surface area contributed by atoms with Gasteiger partial charge < -0.3 is 9.47 Å². The Morgan fingerprint density at radius 2 is 1.27 bits per heavy atom. The Bertz CT molecular complexity index is 1370. The van der Waals surface area contributed by atoms with E-state index in [2.05, 4.69) is 21.3 Å². The number of aromatic nitrogens is 2. The number of thiocarbonyl (C=S) groups is 1. The van der Waals surface area contributed by atoms with Gasteiger partial charge in [-0.1, -0.05) is 0 Å². The number of methoxy groups -OCH3 is 2. The van der Waals surface area contributed by atoms with Crippen LogP contribution in [0.4, 0.5) is 0 Å². The lowest BCUT2D eigenvalue weighted by atomic mass is 10.1. The minimum absolute atomic E-state index is 0.243. The smallest absolute Gasteiger partial charge is 0.242 e. The third kappa shape index (κ3) is 4.16. The Kier molecular flexibility index (Phi) is 5.50. The second-order valence-corrected chi connectivity index (χ2v) is 7.61. The highest BCUT2D eigenvalue weighted by Crippen LogP contribution is 2.31. The van der Waals surface area contributed by atoms with Crippen molar-refractivity contribution in [2.45, 2.75) is 0 Å². The molecular formula is C25H19N5O2S. The van der Waals surface area contributed by atoms with Crippen molar-refractivity contribution in [3.05, 3.63) is 84.4 Å². The van der Waals surface area contributed by atoms with Crippen LogP contribution in [0.1, 0.15) is 5.56 Å². The predicted octanol–water partition coefficient (Wildman–Crippen LogP) is 5.72. The van der Waals surface area contributed by atoms with E-state index in [0.717, 1.165) is 45.3 Å². The molecular weight excluding hydrogens is 434 g/mol. The molecule has 0 aliphatic carbocycles. The standard InChI is InChI=1S/C25H19N5O2S/c1-31-20-11-5-16(6-12-20)22-15-23(17-7-13-21(32-2)14-8-17)30(29-22)19-9-3-18(4-10-19)24-26-25(33)28-27-24/h3-15H,1-2H3. The van der Waals surface area contributed by atoms with Gasteiger partial charge in [0.2, 0.25) is 5.11 Å². The fourth-order valence-electron chi connectivity index (χ4n) is 3.55. The van der Waals surface area contributed by atoms with Crippen LogP contribution < -0.4 is 9.47 Å². The molecule has 2 heterocycles. The van der Waals surface area contributed by atoms with E-state index in [9.17, 15) is 0 Å².